The molecule has 0 saturated carbocycles. The molecule has 1 rings (SSSR count). The van der Waals surface area contributed by atoms with Gasteiger partial charge >= 0.3 is 12.1 Å². The van der Waals surface area contributed by atoms with Crippen molar-refractivity contribution < 1.29 is 27.4 Å². The Bertz CT molecular complexity index is 371. The van der Waals surface area contributed by atoms with E-state index in [0.29, 0.717) is 19.2 Å². The Balaban J connectivity index is 2.66. The van der Waals surface area contributed by atoms with E-state index in [-0.39, 0.29) is 6.42 Å². The van der Waals surface area contributed by atoms with E-state index in [1.54, 1.807) is 0 Å². The average Bonchev–Trinajstić information content (AvgIpc) is 2.86. The van der Waals surface area contributed by atoms with Crippen molar-refractivity contribution in [2.24, 2.45) is 4.99 Å². The summed E-state index contributed by atoms with van der Waals surface area (Å²) in [6.07, 6.45) is 0.803. The molecule has 0 fully saturated rings. The molecule has 0 saturated heterocycles. The maximum absolute atomic E-state index is 13.4. The predicted octanol–water partition coefficient (Wildman–Crippen LogP) is 3.64. The number of nitrogens with zero attached hydrogens (tertiary/aromatic N) is 1. The first-order valence-electron chi connectivity index (χ1n) is 7.23. The second-order valence-electron chi connectivity index (χ2n) is 5.20. The summed E-state index contributed by atoms with van der Waals surface area (Å²) in [5.74, 6) is -1.02. The Hall–Kier alpha value is -1.27. The van der Waals surface area contributed by atoms with Crippen LogP contribution in [0.1, 0.15) is 51.9 Å². The van der Waals surface area contributed by atoms with E-state index in [2.05, 4.69) is 16.7 Å². The zero-order valence-electron chi connectivity index (χ0n) is 12.4. The van der Waals surface area contributed by atoms with Crippen molar-refractivity contribution in [3.8, 4) is 0 Å². The number of esters is 1. The van der Waals surface area contributed by atoms with Crippen LogP contribution < -0.4 is 0 Å². The zero-order valence-corrected chi connectivity index (χ0v) is 12.4. The molecule has 0 spiro atoms. The monoisotopic (exact) mass is 309 g/mol. The van der Waals surface area contributed by atoms with Gasteiger partial charge in [0, 0.05) is 0 Å². The molecule has 1 aliphatic heterocycles. The lowest BCUT2D eigenvalue weighted by Crippen LogP contribution is -2.56. The minimum Gasteiger partial charge on any atom is -0.467 e. The molecule has 2 atom stereocenters. The van der Waals surface area contributed by atoms with Crippen LogP contribution in [0.5, 0.6) is 0 Å². The molecule has 0 aromatic carbocycles. The van der Waals surface area contributed by atoms with E-state index in [0.717, 1.165) is 32.8 Å². The van der Waals surface area contributed by atoms with Gasteiger partial charge in [0.1, 0.15) is 0 Å². The zero-order chi connectivity index (χ0) is 15.9. The lowest BCUT2D eigenvalue weighted by atomic mass is 9.87. The summed E-state index contributed by atoms with van der Waals surface area (Å²) >= 11 is 0. The molecule has 0 aromatic rings. The number of halogens is 3. The third-order valence-electron chi connectivity index (χ3n) is 3.72. The Labute approximate surface area is 122 Å². The van der Waals surface area contributed by atoms with Gasteiger partial charge in [-0.1, -0.05) is 39.0 Å². The van der Waals surface area contributed by atoms with Crippen molar-refractivity contribution in [2.75, 3.05) is 7.11 Å². The van der Waals surface area contributed by atoms with Gasteiger partial charge in [0.2, 0.25) is 5.60 Å². The highest BCUT2D eigenvalue weighted by Crippen LogP contribution is 2.44. The lowest BCUT2D eigenvalue weighted by molar-refractivity contribution is -0.256. The smallest absolute Gasteiger partial charge is 0.431 e. The third kappa shape index (κ3) is 4.11. The number of ether oxygens (including phenoxy) is 2. The second-order valence-corrected chi connectivity index (χ2v) is 5.20. The highest BCUT2D eigenvalue weighted by molar-refractivity contribution is 5.81. The highest BCUT2D eigenvalue weighted by Gasteiger charge is 2.66. The fourth-order valence-electron chi connectivity index (χ4n) is 2.46. The first kappa shape index (κ1) is 17.8. The van der Waals surface area contributed by atoms with Crippen molar-refractivity contribution in [1.82, 2.24) is 0 Å². The van der Waals surface area contributed by atoms with Crippen LogP contribution in [0.25, 0.3) is 0 Å². The molecule has 21 heavy (non-hydrogen) atoms. The van der Waals surface area contributed by atoms with Crippen LogP contribution in [0.3, 0.4) is 0 Å². The third-order valence-corrected chi connectivity index (χ3v) is 3.72. The van der Waals surface area contributed by atoms with E-state index in [1.807, 2.05) is 0 Å². The van der Waals surface area contributed by atoms with Gasteiger partial charge in [0.25, 0.3) is 0 Å². The molecule has 1 aliphatic rings. The summed E-state index contributed by atoms with van der Waals surface area (Å²) < 4.78 is 49.3. The summed E-state index contributed by atoms with van der Waals surface area (Å²) in [7, 11) is 1.04. The Morgan fingerprint density at radius 2 is 1.90 bits per heavy atom. The van der Waals surface area contributed by atoms with Gasteiger partial charge in [-0.05, 0) is 12.8 Å². The van der Waals surface area contributed by atoms with Crippen molar-refractivity contribution >= 4 is 12.4 Å². The number of hydrogen-bond donors (Lipinski definition) is 0. The van der Waals surface area contributed by atoms with Crippen LogP contribution >= 0.6 is 0 Å². The number of rotatable bonds is 8. The number of carbonyl (C=O) groups excluding carboxylic acids is 1. The normalized spacial score (nSPS) is 24.9. The first-order chi connectivity index (χ1) is 9.89. The summed E-state index contributed by atoms with van der Waals surface area (Å²) in [6, 6.07) is -1.67. The van der Waals surface area contributed by atoms with Crippen LogP contribution in [0, 0.1) is 0 Å². The molecular formula is C14H22F3NO3. The van der Waals surface area contributed by atoms with Crippen LogP contribution in [0.15, 0.2) is 4.99 Å². The van der Waals surface area contributed by atoms with Crippen LogP contribution in [0.4, 0.5) is 13.2 Å². The molecule has 0 radical (unpaired) electrons. The van der Waals surface area contributed by atoms with Crippen LogP contribution in [0.2, 0.25) is 0 Å². The molecule has 0 amide bonds. The minimum absolute atomic E-state index is 0.289. The molecule has 0 bridgehead atoms. The predicted molar refractivity (Wildman–Crippen MR) is 72.2 cm³/mol. The van der Waals surface area contributed by atoms with E-state index >= 15 is 0 Å². The molecule has 4 nitrogen and oxygen atoms in total. The van der Waals surface area contributed by atoms with Gasteiger partial charge in [-0.15, -0.1) is 0 Å². The summed E-state index contributed by atoms with van der Waals surface area (Å²) in [4.78, 5) is 15.0. The van der Waals surface area contributed by atoms with E-state index < -0.39 is 23.8 Å². The minimum atomic E-state index is -4.67. The quantitative estimate of drug-likeness (QED) is 0.508. The summed E-state index contributed by atoms with van der Waals surface area (Å²) in [5, 5.41) is 0. The molecule has 0 aromatic heterocycles. The van der Waals surface area contributed by atoms with E-state index in [4.69, 9.17) is 4.74 Å². The molecule has 7 heteroatoms. The molecule has 122 valence electrons. The maximum Gasteiger partial charge on any atom is 0.431 e. The number of alkyl halides is 3. The van der Waals surface area contributed by atoms with E-state index in [1.165, 1.54) is 0 Å². The van der Waals surface area contributed by atoms with Crippen molar-refractivity contribution in [1.29, 1.82) is 0 Å². The van der Waals surface area contributed by atoms with Gasteiger partial charge < -0.3 is 9.47 Å². The highest BCUT2D eigenvalue weighted by atomic mass is 19.4. The standard InChI is InChI=1S/C14H22F3NO3/c1-3-4-5-6-7-8-9-13(14(15,16)17)11(12(19)20-2)18-10-21-13/h10-11H,3-9H2,1-2H3/t11-,13+/m0/s1. The molecule has 0 N–H and O–H groups in total. The fourth-order valence-corrected chi connectivity index (χ4v) is 2.46. The Kier molecular flexibility index (Phi) is 6.48. The lowest BCUT2D eigenvalue weighted by Gasteiger charge is -2.33. The van der Waals surface area contributed by atoms with Crippen molar-refractivity contribution in [3.63, 3.8) is 0 Å². The molecule has 0 aliphatic carbocycles. The topological polar surface area (TPSA) is 47.9 Å². The second kappa shape index (κ2) is 7.66. The van der Waals surface area contributed by atoms with Gasteiger partial charge in [0.05, 0.1) is 7.11 Å². The summed E-state index contributed by atoms with van der Waals surface area (Å²) in [6.45, 7) is 2.07. The SMILES string of the molecule is CCCCCCCC[C@@]1(C(F)(F)F)OC=N[C@H]1C(=O)OC. The fraction of sp³-hybridized carbons (Fsp3) is 0.857. The van der Waals surface area contributed by atoms with Gasteiger partial charge in [-0.2, -0.15) is 13.2 Å². The van der Waals surface area contributed by atoms with Crippen LogP contribution in [-0.4, -0.2) is 37.3 Å². The molecule has 1 heterocycles. The number of hydrogen-bond acceptors (Lipinski definition) is 4. The average molecular weight is 309 g/mol. The molecular weight excluding hydrogens is 287 g/mol. The number of carbonyl (C=O) groups is 1. The van der Waals surface area contributed by atoms with Crippen molar-refractivity contribution in [3.05, 3.63) is 0 Å². The number of unbranched alkanes of at least 4 members (excludes halogenated alkanes) is 5. The van der Waals surface area contributed by atoms with Crippen LogP contribution in [-0.2, 0) is 14.3 Å². The van der Waals surface area contributed by atoms with Crippen molar-refractivity contribution in [2.45, 2.75) is 69.7 Å². The largest absolute Gasteiger partial charge is 0.467 e. The number of aliphatic imine (C=N–C) groups is 1. The first-order valence-corrected chi connectivity index (χ1v) is 7.23. The molecule has 0 unspecified atom stereocenters. The summed E-state index contributed by atoms with van der Waals surface area (Å²) in [5.41, 5.74) is -2.58. The van der Waals surface area contributed by atoms with E-state index in [9.17, 15) is 18.0 Å². The number of methoxy groups -OCH3 is 1. The Morgan fingerprint density at radius 3 is 2.48 bits per heavy atom. The maximum atomic E-state index is 13.4. The van der Waals surface area contributed by atoms with Gasteiger partial charge in [0.15, 0.2) is 12.4 Å². The Morgan fingerprint density at radius 1 is 1.29 bits per heavy atom. The van der Waals surface area contributed by atoms with Gasteiger partial charge in [-0.3, -0.25) is 0 Å². The van der Waals surface area contributed by atoms with Gasteiger partial charge in [-0.25, -0.2) is 9.79 Å².